The molecule has 0 spiro atoms. The summed E-state index contributed by atoms with van der Waals surface area (Å²) in [6.07, 6.45) is 0.985. The molecule has 3 N–H and O–H groups in total. The van der Waals surface area contributed by atoms with Crippen LogP contribution in [0.4, 0.5) is 4.39 Å². The summed E-state index contributed by atoms with van der Waals surface area (Å²) >= 11 is 1.54. The average molecular weight is 195 g/mol. The van der Waals surface area contributed by atoms with Crippen LogP contribution in [-0.4, -0.2) is 35.3 Å². The van der Waals surface area contributed by atoms with Crippen LogP contribution in [0.2, 0.25) is 0 Å². The highest BCUT2D eigenvalue weighted by atomic mass is 32.2. The Kier molecular flexibility index (Phi) is 7.19. The molecule has 0 unspecified atom stereocenters. The van der Waals surface area contributed by atoms with Crippen LogP contribution in [0.3, 0.4) is 0 Å². The minimum atomic E-state index is -0.971. The zero-order valence-corrected chi connectivity index (χ0v) is 7.65. The fraction of sp³-hybridized carbons (Fsp3) is 0.857. The molecule has 0 aromatic rings. The van der Waals surface area contributed by atoms with E-state index >= 15 is 0 Å². The molecule has 0 heterocycles. The van der Waals surface area contributed by atoms with Gasteiger partial charge in [0, 0.05) is 0 Å². The largest absolute Gasteiger partial charge is 0.480 e. The van der Waals surface area contributed by atoms with Crippen LogP contribution in [0, 0.1) is 0 Å². The molecule has 0 bridgehead atoms. The van der Waals surface area contributed by atoms with Crippen LogP contribution in [0.25, 0.3) is 0 Å². The van der Waals surface area contributed by atoms with Crippen molar-refractivity contribution >= 4 is 17.7 Å². The van der Waals surface area contributed by atoms with Gasteiger partial charge in [0.15, 0.2) is 0 Å². The molecule has 1 atom stereocenters. The summed E-state index contributed by atoms with van der Waals surface area (Å²) in [7, 11) is 0. The molecule has 0 aliphatic carbocycles. The number of hydrogen-bond donors (Lipinski definition) is 2. The first kappa shape index (κ1) is 11.7. The third kappa shape index (κ3) is 6.42. The summed E-state index contributed by atoms with van der Waals surface area (Å²) in [6.45, 7) is -0.308. The van der Waals surface area contributed by atoms with E-state index in [9.17, 15) is 9.18 Å². The second-order valence-electron chi connectivity index (χ2n) is 2.39. The monoisotopic (exact) mass is 195 g/mol. The van der Waals surface area contributed by atoms with E-state index in [0.717, 1.165) is 5.75 Å². The summed E-state index contributed by atoms with van der Waals surface area (Å²) in [4.78, 5) is 10.2. The van der Waals surface area contributed by atoms with Gasteiger partial charge in [0.1, 0.15) is 6.04 Å². The number of halogens is 1. The lowest BCUT2D eigenvalue weighted by molar-refractivity contribution is -0.138. The maximum absolute atomic E-state index is 11.6. The zero-order chi connectivity index (χ0) is 9.40. The molecule has 0 saturated carbocycles. The van der Waals surface area contributed by atoms with E-state index in [4.69, 9.17) is 10.8 Å². The fourth-order valence-corrected chi connectivity index (χ4v) is 1.53. The smallest absolute Gasteiger partial charge is 0.320 e. The highest BCUT2D eigenvalue weighted by molar-refractivity contribution is 7.99. The minimum absolute atomic E-state index is 0.308. The van der Waals surface area contributed by atoms with Crippen molar-refractivity contribution in [1.82, 2.24) is 0 Å². The summed E-state index contributed by atoms with van der Waals surface area (Å²) in [5.74, 6) is 0.456. The van der Waals surface area contributed by atoms with Crippen molar-refractivity contribution in [2.45, 2.75) is 18.9 Å². The Hall–Kier alpha value is -0.290. The van der Waals surface area contributed by atoms with Crippen molar-refractivity contribution in [2.75, 3.05) is 18.2 Å². The van der Waals surface area contributed by atoms with Crippen LogP contribution in [-0.2, 0) is 4.79 Å². The maximum Gasteiger partial charge on any atom is 0.320 e. The Morgan fingerprint density at radius 3 is 2.75 bits per heavy atom. The molecule has 12 heavy (non-hydrogen) atoms. The molecule has 5 heteroatoms. The van der Waals surface area contributed by atoms with Crippen LogP contribution >= 0.6 is 11.8 Å². The third-order valence-corrected chi connectivity index (χ3v) is 2.41. The van der Waals surface area contributed by atoms with Gasteiger partial charge in [0.25, 0.3) is 0 Å². The molecule has 0 aliphatic rings. The lowest BCUT2D eigenvalue weighted by Gasteiger charge is -2.04. The van der Waals surface area contributed by atoms with Crippen molar-refractivity contribution in [2.24, 2.45) is 5.73 Å². The Morgan fingerprint density at radius 1 is 1.58 bits per heavy atom. The molecule has 0 aromatic heterocycles. The van der Waals surface area contributed by atoms with E-state index in [-0.39, 0.29) is 6.67 Å². The lowest BCUT2D eigenvalue weighted by atomic mass is 10.2. The van der Waals surface area contributed by atoms with E-state index in [1.807, 2.05) is 0 Å². The van der Waals surface area contributed by atoms with Gasteiger partial charge >= 0.3 is 5.97 Å². The lowest BCUT2D eigenvalue weighted by Crippen LogP contribution is -2.30. The van der Waals surface area contributed by atoms with Gasteiger partial charge in [-0.05, 0) is 24.3 Å². The van der Waals surface area contributed by atoms with Crippen LogP contribution in [0.15, 0.2) is 0 Å². The first-order valence-electron chi connectivity index (χ1n) is 3.80. The van der Waals surface area contributed by atoms with Crippen LogP contribution < -0.4 is 5.73 Å². The Labute approximate surface area is 75.5 Å². The topological polar surface area (TPSA) is 63.3 Å². The molecule has 3 nitrogen and oxygen atoms in total. The normalized spacial score (nSPS) is 12.8. The number of carboxylic acids is 1. The van der Waals surface area contributed by atoms with Gasteiger partial charge < -0.3 is 10.8 Å². The number of nitrogens with two attached hydrogens (primary N) is 1. The molecule has 0 saturated heterocycles. The van der Waals surface area contributed by atoms with Crippen LogP contribution in [0.5, 0.6) is 0 Å². The van der Waals surface area contributed by atoms with E-state index < -0.39 is 12.0 Å². The number of hydrogen-bond acceptors (Lipinski definition) is 3. The summed E-state index contributed by atoms with van der Waals surface area (Å²) in [6, 6.07) is -0.775. The van der Waals surface area contributed by atoms with Crippen molar-refractivity contribution in [3.8, 4) is 0 Å². The van der Waals surface area contributed by atoms with E-state index in [1.54, 1.807) is 11.8 Å². The Balaban J connectivity index is 3.14. The molecule has 0 fully saturated rings. The van der Waals surface area contributed by atoms with Crippen LogP contribution in [0.1, 0.15) is 12.8 Å². The molecule has 0 rings (SSSR count). The molecule has 0 aromatic carbocycles. The standard InChI is InChI=1S/C7H14FNO2S/c8-3-1-4-12-5-2-6(9)7(10)11/h6H,1-5,9H2,(H,10,11)/t6-/m1/s1. The predicted octanol–water partition coefficient (Wildman–Crippen LogP) is 0.881. The molecular formula is C7H14FNO2S. The second-order valence-corrected chi connectivity index (χ2v) is 3.61. The number of carbonyl (C=O) groups is 1. The molecule has 72 valence electrons. The first-order chi connectivity index (χ1) is 5.68. The highest BCUT2D eigenvalue weighted by Gasteiger charge is 2.09. The summed E-state index contributed by atoms with van der Waals surface area (Å²) in [5.41, 5.74) is 5.24. The number of aliphatic carboxylic acids is 1. The van der Waals surface area contributed by atoms with Gasteiger partial charge in [0.2, 0.25) is 0 Å². The SMILES string of the molecule is N[C@H](CCSCCCF)C(=O)O. The van der Waals surface area contributed by atoms with Gasteiger partial charge in [-0.3, -0.25) is 9.18 Å². The number of thioether (sulfide) groups is 1. The third-order valence-electron chi connectivity index (χ3n) is 1.31. The van der Waals surface area contributed by atoms with E-state index in [2.05, 4.69) is 0 Å². The Bertz CT molecular complexity index is 135. The molecule has 0 radical (unpaired) electrons. The summed E-state index contributed by atoms with van der Waals surface area (Å²) in [5, 5.41) is 8.39. The fourth-order valence-electron chi connectivity index (χ4n) is 0.592. The quantitative estimate of drug-likeness (QED) is 0.592. The number of carboxylic acid groups (broad SMARTS) is 1. The zero-order valence-electron chi connectivity index (χ0n) is 6.83. The van der Waals surface area contributed by atoms with Crippen molar-refractivity contribution in [3.63, 3.8) is 0 Å². The van der Waals surface area contributed by atoms with Crippen molar-refractivity contribution < 1.29 is 14.3 Å². The first-order valence-corrected chi connectivity index (χ1v) is 4.96. The van der Waals surface area contributed by atoms with Gasteiger partial charge in [-0.1, -0.05) is 0 Å². The number of rotatable bonds is 7. The minimum Gasteiger partial charge on any atom is -0.480 e. The molecule has 0 amide bonds. The predicted molar refractivity (Wildman–Crippen MR) is 48.1 cm³/mol. The van der Waals surface area contributed by atoms with Gasteiger partial charge in [0.05, 0.1) is 6.67 Å². The Morgan fingerprint density at radius 2 is 2.25 bits per heavy atom. The van der Waals surface area contributed by atoms with Crippen molar-refractivity contribution in [1.29, 1.82) is 0 Å². The van der Waals surface area contributed by atoms with Crippen molar-refractivity contribution in [3.05, 3.63) is 0 Å². The average Bonchev–Trinajstić information content (AvgIpc) is 2.03. The van der Waals surface area contributed by atoms with Gasteiger partial charge in [-0.25, -0.2) is 0 Å². The van der Waals surface area contributed by atoms with Gasteiger partial charge in [-0.15, -0.1) is 0 Å². The van der Waals surface area contributed by atoms with E-state index in [1.165, 1.54) is 0 Å². The highest BCUT2D eigenvalue weighted by Crippen LogP contribution is 2.05. The van der Waals surface area contributed by atoms with E-state index in [0.29, 0.717) is 18.6 Å². The maximum atomic E-state index is 11.6. The molecule has 0 aliphatic heterocycles. The van der Waals surface area contributed by atoms with Gasteiger partial charge in [-0.2, -0.15) is 11.8 Å². The number of alkyl halides is 1. The second kappa shape index (κ2) is 7.36. The summed E-state index contributed by atoms with van der Waals surface area (Å²) < 4.78 is 11.6. The molecular weight excluding hydrogens is 181 g/mol.